The first-order valence-electron chi connectivity index (χ1n) is 11.7. The number of rotatable bonds is 7. The Labute approximate surface area is 204 Å². The summed E-state index contributed by atoms with van der Waals surface area (Å²) in [6.45, 7) is 4.36. The topological polar surface area (TPSA) is 79.3 Å². The van der Waals surface area contributed by atoms with Crippen molar-refractivity contribution in [3.05, 3.63) is 83.4 Å². The van der Waals surface area contributed by atoms with Crippen LogP contribution in [0.25, 0.3) is 10.9 Å². The summed E-state index contributed by atoms with van der Waals surface area (Å²) in [5.41, 5.74) is 4.96. The summed E-state index contributed by atoms with van der Waals surface area (Å²) >= 11 is 0. The Kier molecular flexibility index (Phi) is 6.70. The van der Waals surface area contributed by atoms with Gasteiger partial charge < -0.3 is 24.3 Å². The van der Waals surface area contributed by atoms with Gasteiger partial charge in [0.2, 0.25) is 0 Å². The Morgan fingerprint density at radius 2 is 1.66 bits per heavy atom. The maximum absolute atomic E-state index is 11.0. The van der Waals surface area contributed by atoms with Crippen LogP contribution in [0, 0.1) is 0 Å². The van der Waals surface area contributed by atoms with Crippen LogP contribution in [0.2, 0.25) is 0 Å². The smallest absolute Gasteiger partial charge is 0.199 e. The lowest BCUT2D eigenvalue weighted by atomic mass is 10.0. The quantitative estimate of drug-likeness (QED) is 0.375. The molecule has 0 saturated carbocycles. The summed E-state index contributed by atoms with van der Waals surface area (Å²) in [7, 11) is 3.19. The van der Waals surface area contributed by atoms with Crippen LogP contribution >= 0.6 is 0 Å². The SMILES string of the molecule is COc1cc2[nH]c(O)c(C(=Nc3ccc(CN4CCOCC4)cc3)c3ccccc3)c2cc1OC. The highest BCUT2D eigenvalue weighted by molar-refractivity contribution is 6.22. The molecule has 0 radical (unpaired) electrons. The van der Waals surface area contributed by atoms with Crippen molar-refractivity contribution in [1.29, 1.82) is 0 Å². The Balaban J connectivity index is 1.56. The van der Waals surface area contributed by atoms with Crippen LogP contribution in [0.15, 0.2) is 71.7 Å². The van der Waals surface area contributed by atoms with Gasteiger partial charge in [-0.1, -0.05) is 42.5 Å². The van der Waals surface area contributed by atoms with E-state index in [1.165, 1.54) is 5.56 Å². The largest absolute Gasteiger partial charge is 0.494 e. The van der Waals surface area contributed by atoms with Crippen LogP contribution in [0.4, 0.5) is 5.69 Å². The average Bonchev–Trinajstić information content (AvgIpc) is 3.22. The van der Waals surface area contributed by atoms with Gasteiger partial charge in [0, 0.05) is 36.7 Å². The van der Waals surface area contributed by atoms with Crippen LogP contribution in [-0.2, 0) is 11.3 Å². The Morgan fingerprint density at radius 1 is 0.971 bits per heavy atom. The number of nitrogens with one attached hydrogen (secondary N) is 1. The Morgan fingerprint density at radius 3 is 2.34 bits per heavy atom. The van der Waals surface area contributed by atoms with E-state index in [0.29, 0.717) is 22.8 Å². The molecule has 35 heavy (non-hydrogen) atoms. The van der Waals surface area contributed by atoms with E-state index < -0.39 is 0 Å². The lowest BCUT2D eigenvalue weighted by Crippen LogP contribution is -2.35. The van der Waals surface area contributed by atoms with Gasteiger partial charge in [0.05, 0.1) is 49.9 Å². The van der Waals surface area contributed by atoms with Crippen LogP contribution in [0.1, 0.15) is 16.7 Å². The number of hydrogen-bond acceptors (Lipinski definition) is 6. The number of nitrogens with zero attached hydrogens (tertiary/aromatic N) is 2. The summed E-state index contributed by atoms with van der Waals surface area (Å²) in [6, 6.07) is 21.8. The minimum atomic E-state index is 0.0434. The normalized spacial score (nSPS) is 14.9. The van der Waals surface area contributed by atoms with E-state index in [-0.39, 0.29) is 5.88 Å². The lowest BCUT2D eigenvalue weighted by Gasteiger charge is -2.26. The van der Waals surface area contributed by atoms with E-state index in [1.54, 1.807) is 14.2 Å². The number of aliphatic imine (C=N–C) groups is 1. The fraction of sp³-hybridized carbons (Fsp3) is 0.250. The standard InChI is InChI=1S/C28H29N3O4/c1-33-24-16-22-23(17-25(24)34-2)30-28(32)26(22)27(20-6-4-3-5-7-20)29-21-10-8-19(9-11-21)18-31-12-14-35-15-13-31/h3-11,16-17,30,32H,12-15,18H2,1-2H3. The molecule has 2 N–H and O–H groups in total. The zero-order chi connectivity index (χ0) is 24.2. The maximum Gasteiger partial charge on any atom is 0.199 e. The molecule has 3 aromatic carbocycles. The third kappa shape index (κ3) is 4.87. The molecule has 1 aliphatic heterocycles. The van der Waals surface area contributed by atoms with Crippen molar-refractivity contribution in [1.82, 2.24) is 9.88 Å². The number of morpholine rings is 1. The minimum Gasteiger partial charge on any atom is -0.494 e. The summed E-state index contributed by atoms with van der Waals surface area (Å²) < 4.78 is 16.4. The first-order chi connectivity index (χ1) is 17.2. The molecular formula is C28H29N3O4. The zero-order valence-electron chi connectivity index (χ0n) is 20.0. The van der Waals surface area contributed by atoms with E-state index in [1.807, 2.05) is 54.6 Å². The summed E-state index contributed by atoms with van der Waals surface area (Å²) in [5.74, 6) is 1.21. The zero-order valence-corrected chi connectivity index (χ0v) is 20.0. The number of H-pyrrole nitrogens is 1. The first kappa shape index (κ1) is 23.0. The van der Waals surface area contributed by atoms with Crippen molar-refractivity contribution < 1.29 is 19.3 Å². The van der Waals surface area contributed by atoms with Crippen molar-refractivity contribution in [3.8, 4) is 17.4 Å². The van der Waals surface area contributed by atoms with Gasteiger partial charge in [-0.05, 0) is 23.8 Å². The minimum absolute atomic E-state index is 0.0434. The number of hydrogen-bond donors (Lipinski definition) is 2. The molecule has 5 rings (SSSR count). The molecule has 0 spiro atoms. The number of ether oxygens (including phenoxy) is 3. The lowest BCUT2D eigenvalue weighted by molar-refractivity contribution is 0.0342. The second-order valence-electron chi connectivity index (χ2n) is 8.48. The first-order valence-corrected chi connectivity index (χ1v) is 11.7. The molecule has 7 nitrogen and oxygen atoms in total. The van der Waals surface area contributed by atoms with Crippen LogP contribution < -0.4 is 9.47 Å². The number of aromatic amines is 1. The van der Waals surface area contributed by atoms with E-state index in [4.69, 9.17) is 19.2 Å². The molecule has 1 aliphatic rings. The molecule has 4 aromatic rings. The molecule has 180 valence electrons. The maximum atomic E-state index is 11.0. The van der Waals surface area contributed by atoms with Crippen molar-refractivity contribution in [3.63, 3.8) is 0 Å². The molecule has 0 bridgehead atoms. The summed E-state index contributed by atoms with van der Waals surface area (Å²) in [5, 5.41) is 11.8. The highest BCUT2D eigenvalue weighted by Crippen LogP contribution is 2.38. The molecule has 0 amide bonds. The predicted molar refractivity (Wildman–Crippen MR) is 137 cm³/mol. The van der Waals surface area contributed by atoms with Crippen LogP contribution in [0.5, 0.6) is 17.4 Å². The monoisotopic (exact) mass is 471 g/mol. The van der Waals surface area contributed by atoms with Gasteiger partial charge in [0.1, 0.15) is 0 Å². The third-order valence-corrected chi connectivity index (χ3v) is 6.25. The van der Waals surface area contributed by atoms with E-state index in [0.717, 1.165) is 55.0 Å². The molecule has 7 heteroatoms. The van der Waals surface area contributed by atoms with E-state index in [2.05, 4.69) is 22.0 Å². The van der Waals surface area contributed by atoms with Gasteiger partial charge in [-0.25, -0.2) is 4.99 Å². The molecule has 0 atom stereocenters. The van der Waals surface area contributed by atoms with Gasteiger partial charge in [0.25, 0.3) is 0 Å². The van der Waals surface area contributed by atoms with Crippen molar-refractivity contribution in [2.45, 2.75) is 6.54 Å². The molecular weight excluding hydrogens is 442 g/mol. The van der Waals surface area contributed by atoms with Gasteiger partial charge >= 0.3 is 0 Å². The molecule has 1 aromatic heterocycles. The fourth-order valence-electron chi connectivity index (χ4n) is 4.43. The van der Waals surface area contributed by atoms with Crippen LogP contribution in [0.3, 0.4) is 0 Å². The van der Waals surface area contributed by atoms with Gasteiger partial charge in [0.15, 0.2) is 17.4 Å². The van der Waals surface area contributed by atoms with E-state index in [9.17, 15) is 5.11 Å². The van der Waals surface area contributed by atoms with Crippen molar-refractivity contribution in [2.75, 3.05) is 40.5 Å². The van der Waals surface area contributed by atoms with Gasteiger partial charge in [-0.3, -0.25) is 4.90 Å². The molecule has 1 fully saturated rings. The summed E-state index contributed by atoms with van der Waals surface area (Å²) in [4.78, 5) is 10.5. The van der Waals surface area contributed by atoms with Gasteiger partial charge in [-0.15, -0.1) is 0 Å². The summed E-state index contributed by atoms with van der Waals surface area (Å²) in [6.07, 6.45) is 0. The predicted octanol–water partition coefficient (Wildman–Crippen LogP) is 4.89. The third-order valence-electron chi connectivity index (χ3n) is 6.25. The molecule has 0 aliphatic carbocycles. The molecule has 1 saturated heterocycles. The number of aromatic hydroxyl groups is 1. The van der Waals surface area contributed by atoms with Crippen molar-refractivity contribution in [2.24, 2.45) is 4.99 Å². The average molecular weight is 472 g/mol. The Hall–Kier alpha value is -3.81. The highest BCUT2D eigenvalue weighted by Gasteiger charge is 2.21. The van der Waals surface area contributed by atoms with Crippen LogP contribution in [-0.4, -0.2) is 61.2 Å². The second-order valence-corrected chi connectivity index (χ2v) is 8.48. The number of benzene rings is 3. The second kappa shape index (κ2) is 10.2. The number of methoxy groups -OCH3 is 2. The van der Waals surface area contributed by atoms with Crippen molar-refractivity contribution >= 4 is 22.3 Å². The number of aromatic nitrogens is 1. The van der Waals surface area contributed by atoms with Gasteiger partial charge in [-0.2, -0.15) is 0 Å². The van der Waals surface area contributed by atoms with E-state index >= 15 is 0 Å². The fourth-order valence-corrected chi connectivity index (χ4v) is 4.43. The molecule has 2 heterocycles. The Bertz CT molecular complexity index is 1320. The number of fused-ring (bicyclic) bond motifs is 1. The molecule has 0 unspecified atom stereocenters. The highest BCUT2D eigenvalue weighted by atomic mass is 16.5.